The summed E-state index contributed by atoms with van der Waals surface area (Å²) in [6.45, 7) is 3.69. The smallest absolute Gasteiger partial charge is 0.222 e. The maximum absolute atomic E-state index is 12.0. The first-order valence-electron chi connectivity index (χ1n) is 6.92. The van der Waals surface area contributed by atoms with Crippen LogP contribution in [0, 0.1) is 5.92 Å². The van der Waals surface area contributed by atoms with Gasteiger partial charge in [-0.3, -0.25) is 4.79 Å². The minimum absolute atomic E-state index is 0.193. The highest BCUT2D eigenvalue weighted by Crippen LogP contribution is 2.18. The molecule has 2 aliphatic rings. The van der Waals surface area contributed by atoms with E-state index in [9.17, 15) is 9.90 Å². The second-order valence-electron chi connectivity index (χ2n) is 5.36. The van der Waals surface area contributed by atoms with Gasteiger partial charge in [-0.15, -0.1) is 0 Å². The molecule has 0 aromatic carbocycles. The van der Waals surface area contributed by atoms with Crippen LogP contribution in [-0.4, -0.2) is 48.2 Å². The number of carbonyl (C=O) groups is 1. The average Bonchev–Trinajstić information content (AvgIpc) is 2.38. The molecular formula is C13H24N2O2. The largest absolute Gasteiger partial charge is 0.393 e. The number of hydrogen-bond donors (Lipinski definition) is 2. The van der Waals surface area contributed by atoms with E-state index in [2.05, 4.69) is 5.32 Å². The Labute approximate surface area is 103 Å². The van der Waals surface area contributed by atoms with Crippen molar-refractivity contribution in [3.63, 3.8) is 0 Å². The maximum atomic E-state index is 12.0. The molecule has 1 atom stereocenters. The predicted molar refractivity (Wildman–Crippen MR) is 66.6 cm³/mol. The molecule has 4 heteroatoms. The van der Waals surface area contributed by atoms with Crippen molar-refractivity contribution >= 4 is 5.91 Å². The molecule has 0 aromatic heterocycles. The molecule has 98 valence electrons. The number of aliphatic hydroxyl groups is 1. The van der Waals surface area contributed by atoms with Crippen molar-refractivity contribution in [3.8, 4) is 0 Å². The number of piperidine rings is 2. The summed E-state index contributed by atoms with van der Waals surface area (Å²) in [6.07, 6.45) is 5.51. The third kappa shape index (κ3) is 3.96. The standard InChI is InChI=1S/C13H24N2O2/c16-12-5-8-15(9-6-12)13(17)4-3-11-2-1-7-14-10-11/h11-12,14,16H,1-10H2. The summed E-state index contributed by atoms with van der Waals surface area (Å²) >= 11 is 0. The van der Waals surface area contributed by atoms with E-state index >= 15 is 0 Å². The fourth-order valence-corrected chi connectivity index (χ4v) is 2.77. The maximum Gasteiger partial charge on any atom is 0.222 e. The molecule has 2 rings (SSSR count). The first-order chi connectivity index (χ1) is 8.25. The van der Waals surface area contributed by atoms with Gasteiger partial charge in [-0.2, -0.15) is 0 Å². The predicted octanol–water partition coefficient (Wildman–Crippen LogP) is 0.749. The van der Waals surface area contributed by atoms with Gasteiger partial charge >= 0.3 is 0 Å². The van der Waals surface area contributed by atoms with Crippen LogP contribution in [-0.2, 0) is 4.79 Å². The quantitative estimate of drug-likeness (QED) is 0.765. The topological polar surface area (TPSA) is 52.6 Å². The van der Waals surface area contributed by atoms with Gasteiger partial charge in [-0.1, -0.05) is 0 Å². The zero-order chi connectivity index (χ0) is 12.1. The van der Waals surface area contributed by atoms with Crippen LogP contribution in [0.25, 0.3) is 0 Å². The Balaban J connectivity index is 1.66. The highest BCUT2D eigenvalue weighted by Gasteiger charge is 2.22. The van der Waals surface area contributed by atoms with Gasteiger partial charge in [0.2, 0.25) is 5.91 Å². The third-order valence-corrected chi connectivity index (χ3v) is 3.98. The average molecular weight is 240 g/mol. The molecule has 0 aromatic rings. The van der Waals surface area contributed by atoms with Crippen molar-refractivity contribution in [1.29, 1.82) is 0 Å². The van der Waals surface area contributed by atoms with Crippen LogP contribution in [0.15, 0.2) is 0 Å². The van der Waals surface area contributed by atoms with E-state index in [1.165, 1.54) is 12.8 Å². The molecule has 0 bridgehead atoms. The van der Waals surface area contributed by atoms with Crippen LogP contribution in [0.3, 0.4) is 0 Å². The van der Waals surface area contributed by atoms with Gasteiger partial charge in [0.15, 0.2) is 0 Å². The third-order valence-electron chi connectivity index (χ3n) is 3.98. The van der Waals surface area contributed by atoms with Crippen LogP contribution >= 0.6 is 0 Å². The van der Waals surface area contributed by atoms with E-state index in [4.69, 9.17) is 0 Å². The number of rotatable bonds is 3. The van der Waals surface area contributed by atoms with Crippen molar-refractivity contribution < 1.29 is 9.90 Å². The number of carbonyl (C=O) groups excluding carboxylic acids is 1. The van der Waals surface area contributed by atoms with E-state index in [0.717, 1.165) is 45.4 Å². The number of amides is 1. The van der Waals surface area contributed by atoms with Gasteiger partial charge in [-0.25, -0.2) is 0 Å². The molecule has 1 unspecified atom stereocenters. The number of nitrogens with one attached hydrogen (secondary N) is 1. The van der Waals surface area contributed by atoms with Crippen LogP contribution < -0.4 is 5.32 Å². The van der Waals surface area contributed by atoms with Crippen LogP contribution in [0.1, 0.15) is 38.5 Å². The molecule has 1 amide bonds. The monoisotopic (exact) mass is 240 g/mol. The SMILES string of the molecule is O=C(CCC1CCCNC1)N1CCC(O)CC1. The van der Waals surface area contributed by atoms with Crippen LogP contribution in [0.2, 0.25) is 0 Å². The first kappa shape index (κ1) is 12.8. The first-order valence-corrected chi connectivity index (χ1v) is 6.92. The Morgan fingerprint density at radius 1 is 1.29 bits per heavy atom. The Hall–Kier alpha value is -0.610. The second kappa shape index (κ2) is 6.36. The summed E-state index contributed by atoms with van der Waals surface area (Å²) in [6, 6.07) is 0. The van der Waals surface area contributed by atoms with Gasteiger partial charge in [-0.05, 0) is 51.1 Å². The van der Waals surface area contributed by atoms with Crippen molar-refractivity contribution in [3.05, 3.63) is 0 Å². The van der Waals surface area contributed by atoms with E-state index in [0.29, 0.717) is 12.3 Å². The number of hydrogen-bond acceptors (Lipinski definition) is 3. The van der Waals surface area contributed by atoms with Gasteiger partial charge in [0, 0.05) is 19.5 Å². The van der Waals surface area contributed by atoms with E-state index in [1.54, 1.807) is 0 Å². The highest BCUT2D eigenvalue weighted by molar-refractivity contribution is 5.76. The summed E-state index contributed by atoms with van der Waals surface area (Å²) < 4.78 is 0. The fraction of sp³-hybridized carbons (Fsp3) is 0.923. The lowest BCUT2D eigenvalue weighted by molar-refractivity contribution is -0.133. The zero-order valence-electron chi connectivity index (χ0n) is 10.5. The van der Waals surface area contributed by atoms with Crippen LogP contribution in [0.5, 0.6) is 0 Å². The van der Waals surface area contributed by atoms with Gasteiger partial charge in [0.1, 0.15) is 0 Å². The summed E-state index contributed by atoms with van der Waals surface area (Å²) in [4.78, 5) is 13.9. The molecule has 0 spiro atoms. The number of likely N-dealkylation sites (tertiary alicyclic amines) is 1. The molecule has 0 saturated carbocycles. The lowest BCUT2D eigenvalue weighted by atomic mass is 9.94. The van der Waals surface area contributed by atoms with Gasteiger partial charge in [0.05, 0.1) is 6.10 Å². The molecule has 4 nitrogen and oxygen atoms in total. The molecule has 2 aliphatic heterocycles. The van der Waals surface area contributed by atoms with Gasteiger partial charge < -0.3 is 15.3 Å². The summed E-state index contributed by atoms with van der Waals surface area (Å²) in [5.41, 5.74) is 0. The Kier molecular flexibility index (Phi) is 4.80. The van der Waals surface area contributed by atoms with Gasteiger partial charge in [0.25, 0.3) is 0 Å². The molecule has 2 fully saturated rings. The van der Waals surface area contributed by atoms with E-state index in [1.807, 2.05) is 4.90 Å². The summed E-state index contributed by atoms with van der Waals surface area (Å²) in [5, 5.41) is 12.8. The summed E-state index contributed by atoms with van der Waals surface area (Å²) in [7, 11) is 0. The Morgan fingerprint density at radius 2 is 2.06 bits per heavy atom. The Bertz CT molecular complexity index is 244. The van der Waals surface area contributed by atoms with Crippen molar-refractivity contribution in [2.24, 2.45) is 5.92 Å². The molecule has 2 N–H and O–H groups in total. The molecule has 2 saturated heterocycles. The number of aliphatic hydroxyl groups excluding tert-OH is 1. The van der Waals surface area contributed by atoms with E-state index in [-0.39, 0.29) is 12.0 Å². The molecular weight excluding hydrogens is 216 g/mol. The molecule has 17 heavy (non-hydrogen) atoms. The normalized spacial score (nSPS) is 27.1. The minimum Gasteiger partial charge on any atom is -0.393 e. The minimum atomic E-state index is -0.193. The highest BCUT2D eigenvalue weighted by atomic mass is 16.3. The number of nitrogens with zero attached hydrogens (tertiary/aromatic N) is 1. The van der Waals surface area contributed by atoms with E-state index < -0.39 is 0 Å². The lowest BCUT2D eigenvalue weighted by Crippen LogP contribution is -2.40. The van der Waals surface area contributed by atoms with Crippen molar-refractivity contribution in [1.82, 2.24) is 10.2 Å². The zero-order valence-corrected chi connectivity index (χ0v) is 10.5. The molecule has 0 radical (unpaired) electrons. The van der Waals surface area contributed by atoms with Crippen molar-refractivity contribution in [2.45, 2.75) is 44.6 Å². The van der Waals surface area contributed by atoms with Crippen molar-refractivity contribution in [2.75, 3.05) is 26.2 Å². The lowest BCUT2D eigenvalue weighted by Gasteiger charge is -2.30. The second-order valence-corrected chi connectivity index (χ2v) is 5.36. The molecule has 2 heterocycles. The van der Waals surface area contributed by atoms with Crippen LogP contribution in [0.4, 0.5) is 0 Å². The fourth-order valence-electron chi connectivity index (χ4n) is 2.77. The Morgan fingerprint density at radius 3 is 2.71 bits per heavy atom. The molecule has 0 aliphatic carbocycles. The summed E-state index contributed by atoms with van der Waals surface area (Å²) in [5.74, 6) is 0.963.